The number of ether oxygens (including phenoxy) is 1. The van der Waals surface area contributed by atoms with Crippen LogP contribution in [0.1, 0.15) is 31.9 Å². The lowest BCUT2D eigenvalue weighted by Crippen LogP contribution is -2.35. The van der Waals surface area contributed by atoms with E-state index >= 15 is 0 Å². The van der Waals surface area contributed by atoms with Gasteiger partial charge in [0.15, 0.2) is 0 Å². The summed E-state index contributed by atoms with van der Waals surface area (Å²) in [7, 11) is 0. The minimum Gasteiger partial charge on any atom is -0.439 e. The molecular formula is C17H21FN2O. The summed E-state index contributed by atoms with van der Waals surface area (Å²) >= 11 is 0. The van der Waals surface area contributed by atoms with E-state index in [1.165, 1.54) is 6.07 Å². The first-order valence-corrected chi connectivity index (χ1v) is 6.98. The number of hydrogen-bond donors (Lipinski definition) is 1. The molecule has 21 heavy (non-hydrogen) atoms. The Morgan fingerprint density at radius 1 is 1.24 bits per heavy atom. The van der Waals surface area contributed by atoms with E-state index in [0.29, 0.717) is 23.7 Å². The molecule has 0 aliphatic carbocycles. The highest BCUT2D eigenvalue weighted by Crippen LogP contribution is 2.24. The molecular weight excluding hydrogens is 267 g/mol. The van der Waals surface area contributed by atoms with Gasteiger partial charge in [0, 0.05) is 29.9 Å². The Kier molecular flexibility index (Phi) is 4.58. The van der Waals surface area contributed by atoms with Crippen molar-refractivity contribution in [1.82, 2.24) is 10.3 Å². The maximum atomic E-state index is 13.6. The molecule has 2 rings (SSSR count). The molecule has 0 unspecified atom stereocenters. The van der Waals surface area contributed by atoms with E-state index in [-0.39, 0.29) is 11.4 Å². The van der Waals surface area contributed by atoms with Crippen molar-refractivity contribution in [2.24, 2.45) is 0 Å². The van der Waals surface area contributed by atoms with Gasteiger partial charge in [-0.1, -0.05) is 12.1 Å². The van der Waals surface area contributed by atoms with Gasteiger partial charge < -0.3 is 10.1 Å². The molecule has 4 heteroatoms. The summed E-state index contributed by atoms with van der Waals surface area (Å²) < 4.78 is 19.3. The Hall–Kier alpha value is -1.94. The van der Waals surface area contributed by atoms with Gasteiger partial charge in [-0.05, 0) is 45.4 Å². The quantitative estimate of drug-likeness (QED) is 0.915. The SMILES string of the molecule is Cc1ccc(Oc2ncccc2CNC(C)(C)C)cc1F. The molecule has 0 saturated heterocycles. The third-order valence-corrected chi connectivity index (χ3v) is 3.02. The number of halogens is 1. The number of pyridine rings is 1. The highest BCUT2D eigenvalue weighted by atomic mass is 19.1. The molecule has 1 aromatic heterocycles. The van der Waals surface area contributed by atoms with E-state index in [9.17, 15) is 4.39 Å². The van der Waals surface area contributed by atoms with Crippen LogP contribution in [0.4, 0.5) is 4.39 Å². The fourth-order valence-electron chi connectivity index (χ4n) is 1.76. The molecule has 0 amide bonds. The first-order valence-electron chi connectivity index (χ1n) is 6.98. The lowest BCUT2D eigenvalue weighted by Gasteiger charge is -2.21. The van der Waals surface area contributed by atoms with Crippen LogP contribution in [0, 0.1) is 12.7 Å². The average molecular weight is 288 g/mol. The van der Waals surface area contributed by atoms with Gasteiger partial charge >= 0.3 is 0 Å². The minimum atomic E-state index is -0.280. The van der Waals surface area contributed by atoms with Gasteiger partial charge in [-0.25, -0.2) is 9.37 Å². The van der Waals surface area contributed by atoms with Crippen LogP contribution >= 0.6 is 0 Å². The lowest BCUT2D eigenvalue weighted by atomic mass is 10.1. The third-order valence-electron chi connectivity index (χ3n) is 3.02. The molecule has 2 aromatic rings. The Morgan fingerprint density at radius 2 is 2.00 bits per heavy atom. The largest absolute Gasteiger partial charge is 0.439 e. The molecule has 1 aromatic carbocycles. The van der Waals surface area contributed by atoms with E-state index in [4.69, 9.17) is 4.74 Å². The zero-order valence-corrected chi connectivity index (χ0v) is 12.9. The Morgan fingerprint density at radius 3 is 2.67 bits per heavy atom. The molecule has 1 heterocycles. The van der Waals surface area contributed by atoms with Crippen LogP contribution in [-0.4, -0.2) is 10.5 Å². The zero-order valence-electron chi connectivity index (χ0n) is 12.9. The summed E-state index contributed by atoms with van der Waals surface area (Å²) in [6.45, 7) is 8.65. The van der Waals surface area contributed by atoms with Crippen molar-refractivity contribution >= 4 is 0 Å². The van der Waals surface area contributed by atoms with Gasteiger partial charge in [-0.2, -0.15) is 0 Å². The summed E-state index contributed by atoms with van der Waals surface area (Å²) in [5.74, 6) is 0.670. The highest BCUT2D eigenvalue weighted by Gasteiger charge is 2.12. The van der Waals surface area contributed by atoms with Gasteiger partial charge in [0.05, 0.1) is 0 Å². The molecule has 0 radical (unpaired) electrons. The van der Waals surface area contributed by atoms with Gasteiger partial charge in [-0.15, -0.1) is 0 Å². The Bertz CT molecular complexity index is 620. The van der Waals surface area contributed by atoms with E-state index < -0.39 is 0 Å². The lowest BCUT2D eigenvalue weighted by molar-refractivity contribution is 0.408. The molecule has 0 aliphatic rings. The standard InChI is InChI=1S/C17H21FN2O/c1-12-7-8-14(10-15(12)18)21-16-13(6-5-9-19-16)11-20-17(2,3)4/h5-10,20H,11H2,1-4H3. The van der Waals surface area contributed by atoms with Crippen LogP contribution in [0.2, 0.25) is 0 Å². The molecule has 0 aliphatic heterocycles. The Labute approximate surface area is 125 Å². The van der Waals surface area contributed by atoms with E-state index in [2.05, 4.69) is 31.1 Å². The predicted octanol–water partition coefficient (Wildman–Crippen LogP) is 4.21. The molecule has 0 fully saturated rings. The molecule has 112 valence electrons. The van der Waals surface area contributed by atoms with Crippen LogP contribution in [0.5, 0.6) is 11.6 Å². The molecule has 0 atom stereocenters. The van der Waals surface area contributed by atoms with Crippen LogP contribution in [0.3, 0.4) is 0 Å². The first kappa shape index (κ1) is 15.4. The fraction of sp³-hybridized carbons (Fsp3) is 0.353. The number of nitrogens with one attached hydrogen (secondary N) is 1. The fourth-order valence-corrected chi connectivity index (χ4v) is 1.76. The van der Waals surface area contributed by atoms with Crippen LogP contribution in [0.25, 0.3) is 0 Å². The second kappa shape index (κ2) is 6.22. The van der Waals surface area contributed by atoms with Crippen molar-refractivity contribution in [3.8, 4) is 11.6 Å². The Balaban J connectivity index is 2.17. The maximum Gasteiger partial charge on any atom is 0.223 e. The summed E-state index contributed by atoms with van der Waals surface area (Å²) in [5.41, 5.74) is 1.54. The van der Waals surface area contributed by atoms with Crippen molar-refractivity contribution in [2.75, 3.05) is 0 Å². The topological polar surface area (TPSA) is 34.1 Å². The highest BCUT2D eigenvalue weighted by molar-refractivity contribution is 5.34. The smallest absolute Gasteiger partial charge is 0.223 e. The van der Waals surface area contributed by atoms with Crippen molar-refractivity contribution in [1.29, 1.82) is 0 Å². The van der Waals surface area contributed by atoms with Gasteiger partial charge in [0.2, 0.25) is 5.88 Å². The second-order valence-corrected chi connectivity index (χ2v) is 6.08. The molecule has 1 N–H and O–H groups in total. The summed E-state index contributed by atoms with van der Waals surface area (Å²) in [4.78, 5) is 4.24. The van der Waals surface area contributed by atoms with Crippen molar-refractivity contribution in [2.45, 2.75) is 39.8 Å². The number of benzene rings is 1. The van der Waals surface area contributed by atoms with Gasteiger partial charge in [0.25, 0.3) is 0 Å². The van der Waals surface area contributed by atoms with Crippen molar-refractivity contribution < 1.29 is 9.13 Å². The van der Waals surface area contributed by atoms with Crippen LogP contribution in [-0.2, 0) is 6.54 Å². The molecule has 0 bridgehead atoms. The van der Waals surface area contributed by atoms with Crippen LogP contribution < -0.4 is 10.1 Å². The summed E-state index contributed by atoms with van der Waals surface area (Å²) in [5, 5.41) is 3.39. The zero-order chi connectivity index (χ0) is 15.5. The van der Waals surface area contributed by atoms with Gasteiger partial charge in [0.1, 0.15) is 11.6 Å². The number of nitrogens with zero attached hydrogens (tertiary/aromatic N) is 1. The summed E-state index contributed by atoms with van der Waals surface area (Å²) in [6.07, 6.45) is 1.67. The van der Waals surface area contributed by atoms with E-state index in [1.807, 2.05) is 12.1 Å². The number of aromatic nitrogens is 1. The normalized spacial score (nSPS) is 11.5. The number of aryl methyl sites for hydroxylation is 1. The monoisotopic (exact) mass is 288 g/mol. The van der Waals surface area contributed by atoms with Gasteiger partial charge in [-0.3, -0.25) is 0 Å². The number of hydrogen-bond acceptors (Lipinski definition) is 3. The minimum absolute atomic E-state index is 0.00305. The third kappa shape index (κ3) is 4.53. The molecule has 0 saturated carbocycles. The van der Waals surface area contributed by atoms with Crippen molar-refractivity contribution in [3.63, 3.8) is 0 Å². The second-order valence-electron chi connectivity index (χ2n) is 6.08. The molecule has 3 nitrogen and oxygen atoms in total. The van der Waals surface area contributed by atoms with E-state index in [0.717, 1.165) is 5.56 Å². The number of rotatable bonds is 4. The predicted molar refractivity (Wildman–Crippen MR) is 82.0 cm³/mol. The van der Waals surface area contributed by atoms with Crippen molar-refractivity contribution in [3.05, 3.63) is 53.5 Å². The first-order chi connectivity index (χ1) is 9.85. The van der Waals surface area contributed by atoms with Crippen LogP contribution in [0.15, 0.2) is 36.5 Å². The average Bonchev–Trinajstić information content (AvgIpc) is 2.41. The summed E-state index contributed by atoms with van der Waals surface area (Å²) in [6, 6.07) is 8.63. The maximum absolute atomic E-state index is 13.6. The molecule has 0 spiro atoms. The van der Waals surface area contributed by atoms with E-state index in [1.54, 1.807) is 25.3 Å².